The Morgan fingerprint density at radius 3 is 2.62 bits per heavy atom. The van der Waals surface area contributed by atoms with Crippen LogP contribution in [0.3, 0.4) is 0 Å². The maximum absolute atomic E-state index is 12.0. The summed E-state index contributed by atoms with van der Waals surface area (Å²) < 4.78 is 1.09. The summed E-state index contributed by atoms with van der Waals surface area (Å²) in [7, 11) is 4.20. The molecule has 2 rings (SSSR count). The smallest absolute Gasteiger partial charge is 0.255 e. The Bertz CT molecular complexity index is 550. The van der Waals surface area contributed by atoms with E-state index in [9.17, 15) is 9.90 Å². The SMILES string of the molecule is CN(C)[C@H]1CCc2c(NC(=O)C(C)(C)O)ccc(Br)c2C1. The van der Waals surface area contributed by atoms with Crippen LogP contribution in [-0.4, -0.2) is 41.7 Å². The van der Waals surface area contributed by atoms with Crippen molar-refractivity contribution in [3.05, 3.63) is 27.7 Å². The molecular weight excluding hydrogens is 332 g/mol. The van der Waals surface area contributed by atoms with Crippen LogP contribution < -0.4 is 5.32 Å². The number of hydrogen-bond donors (Lipinski definition) is 2. The monoisotopic (exact) mass is 354 g/mol. The largest absolute Gasteiger partial charge is 0.381 e. The summed E-state index contributed by atoms with van der Waals surface area (Å²) >= 11 is 3.62. The molecule has 116 valence electrons. The molecule has 0 unspecified atom stereocenters. The molecule has 0 spiro atoms. The fourth-order valence-corrected chi connectivity index (χ4v) is 3.19. The van der Waals surface area contributed by atoms with Gasteiger partial charge >= 0.3 is 0 Å². The van der Waals surface area contributed by atoms with E-state index in [0.29, 0.717) is 6.04 Å². The number of likely N-dealkylation sites (N-methyl/N-ethyl adjacent to an activating group) is 1. The maximum Gasteiger partial charge on any atom is 0.255 e. The van der Waals surface area contributed by atoms with Gasteiger partial charge in [0.1, 0.15) is 5.60 Å². The summed E-state index contributed by atoms with van der Waals surface area (Å²) in [5.41, 5.74) is 1.88. The molecule has 0 heterocycles. The van der Waals surface area contributed by atoms with Gasteiger partial charge in [0.25, 0.3) is 5.91 Å². The first-order valence-electron chi connectivity index (χ1n) is 7.20. The number of fused-ring (bicyclic) bond motifs is 1. The predicted octanol–water partition coefficient (Wildman–Crippen LogP) is 2.58. The van der Waals surface area contributed by atoms with Crippen LogP contribution in [0.1, 0.15) is 31.4 Å². The van der Waals surface area contributed by atoms with Gasteiger partial charge in [-0.15, -0.1) is 0 Å². The molecular formula is C16H23BrN2O2. The van der Waals surface area contributed by atoms with Gasteiger partial charge < -0.3 is 15.3 Å². The first-order valence-corrected chi connectivity index (χ1v) is 8.00. The van der Waals surface area contributed by atoms with E-state index >= 15 is 0 Å². The molecule has 4 nitrogen and oxygen atoms in total. The number of nitrogens with one attached hydrogen (secondary N) is 1. The number of hydrogen-bond acceptors (Lipinski definition) is 3. The minimum atomic E-state index is -1.37. The highest BCUT2D eigenvalue weighted by molar-refractivity contribution is 9.10. The fraction of sp³-hybridized carbons (Fsp3) is 0.562. The zero-order valence-electron chi connectivity index (χ0n) is 13.0. The zero-order valence-corrected chi connectivity index (χ0v) is 14.6. The molecule has 5 heteroatoms. The van der Waals surface area contributed by atoms with Gasteiger partial charge in [-0.1, -0.05) is 15.9 Å². The second-order valence-corrected chi connectivity index (χ2v) is 7.28. The Kier molecular flexibility index (Phi) is 4.76. The summed E-state index contributed by atoms with van der Waals surface area (Å²) in [5.74, 6) is -0.373. The number of nitrogens with zero attached hydrogens (tertiary/aromatic N) is 1. The number of aliphatic hydroxyl groups is 1. The Morgan fingerprint density at radius 1 is 1.38 bits per heavy atom. The van der Waals surface area contributed by atoms with E-state index < -0.39 is 5.60 Å². The molecule has 1 amide bonds. The molecule has 2 N–H and O–H groups in total. The molecule has 1 atom stereocenters. The zero-order chi connectivity index (χ0) is 15.8. The molecule has 1 aromatic rings. The highest BCUT2D eigenvalue weighted by atomic mass is 79.9. The van der Waals surface area contributed by atoms with Gasteiger partial charge in [0.05, 0.1) is 0 Å². The van der Waals surface area contributed by atoms with E-state index in [2.05, 4.69) is 40.2 Å². The molecule has 0 saturated heterocycles. The number of carbonyl (C=O) groups excluding carboxylic acids is 1. The normalized spacial score (nSPS) is 18.5. The number of rotatable bonds is 3. The van der Waals surface area contributed by atoms with Crippen LogP contribution >= 0.6 is 15.9 Å². The Hall–Kier alpha value is -0.910. The van der Waals surface area contributed by atoms with Crippen LogP contribution in [0.15, 0.2) is 16.6 Å². The van der Waals surface area contributed by atoms with E-state index in [-0.39, 0.29) is 5.91 Å². The Balaban J connectivity index is 2.31. The standard InChI is InChI=1S/C16H23BrN2O2/c1-16(2,21)15(20)18-14-8-7-13(17)12-9-10(19(3)4)5-6-11(12)14/h7-8,10,21H,5-6,9H2,1-4H3,(H,18,20)/t10-/m0/s1. The van der Waals surface area contributed by atoms with Gasteiger partial charge in [0, 0.05) is 16.2 Å². The third kappa shape index (κ3) is 3.65. The average Bonchev–Trinajstić information content (AvgIpc) is 2.40. The lowest BCUT2D eigenvalue weighted by atomic mass is 9.86. The molecule has 0 radical (unpaired) electrons. The molecule has 1 aromatic carbocycles. The minimum Gasteiger partial charge on any atom is -0.381 e. The van der Waals surface area contributed by atoms with Gasteiger partial charge in [0.15, 0.2) is 0 Å². The topological polar surface area (TPSA) is 52.6 Å². The van der Waals surface area contributed by atoms with Gasteiger partial charge in [-0.05, 0) is 70.5 Å². The highest BCUT2D eigenvalue weighted by Crippen LogP contribution is 2.34. The summed E-state index contributed by atoms with van der Waals surface area (Å²) in [5, 5.41) is 12.7. The van der Waals surface area contributed by atoms with Crippen molar-refractivity contribution in [1.82, 2.24) is 4.90 Å². The summed E-state index contributed by atoms with van der Waals surface area (Å²) in [6.45, 7) is 2.99. The molecule has 21 heavy (non-hydrogen) atoms. The van der Waals surface area contributed by atoms with Crippen molar-refractivity contribution >= 4 is 27.5 Å². The number of amides is 1. The van der Waals surface area contributed by atoms with Crippen LogP contribution in [0.4, 0.5) is 5.69 Å². The van der Waals surface area contributed by atoms with Crippen molar-refractivity contribution in [2.75, 3.05) is 19.4 Å². The van der Waals surface area contributed by atoms with E-state index in [1.165, 1.54) is 25.0 Å². The first kappa shape index (κ1) is 16.5. The van der Waals surface area contributed by atoms with Crippen LogP contribution in [0.5, 0.6) is 0 Å². The van der Waals surface area contributed by atoms with Crippen molar-refractivity contribution < 1.29 is 9.90 Å². The molecule has 0 aliphatic heterocycles. The summed E-state index contributed by atoms with van der Waals surface area (Å²) in [6, 6.07) is 4.40. The lowest BCUT2D eigenvalue weighted by Gasteiger charge is -2.32. The minimum absolute atomic E-state index is 0.373. The molecule has 1 aliphatic rings. The molecule has 1 aliphatic carbocycles. The number of carbonyl (C=O) groups is 1. The van der Waals surface area contributed by atoms with Crippen molar-refractivity contribution in [1.29, 1.82) is 0 Å². The Morgan fingerprint density at radius 2 is 2.05 bits per heavy atom. The van der Waals surface area contributed by atoms with Crippen LogP contribution in [0.2, 0.25) is 0 Å². The molecule has 0 bridgehead atoms. The second kappa shape index (κ2) is 6.07. The predicted molar refractivity (Wildman–Crippen MR) is 88.6 cm³/mol. The van der Waals surface area contributed by atoms with Gasteiger partial charge in [0.2, 0.25) is 0 Å². The second-order valence-electron chi connectivity index (χ2n) is 6.43. The number of benzene rings is 1. The van der Waals surface area contributed by atoms with Gasteiger partial charge in [-0.2, -0.15) is 0 Å². The van der Waals surface area contributed by atoms with Crippen molar-refractivity contribution in [3.63, 3.8) is 0 Å². The van der Waals surface area contributed by atoms with E-state index in [4.69, 9.17) is 0 Å². The average molecular weight is 355 g/mol. The Labute approximate surface area is 134 Å². The molecule has 0 fully saturated rings. The third-order valence-electron chi connectivity index (χ3n) is 4.08. The van der Waals surface area contributed by atoms with Crippen molar-refractivity contribution in [3.8, 4) is 0 Å². The molecule has 0 aromatic heterocycles. The van der Waals surface area contributed by atoms with Crippen LogP contribution in [0.25, 0.3) is 0 Å². The number of halogens is 1. The van der Waals surface area contributed by atoms with E-state index in [1.54, 1.807) is 0 Å². The lowest BCUT2D eigenvalue weighted by Crippen LogP contribution is -2.38. The van der Waals surface area contributed by atoms with Crippen molar-refractivity contribution in [2.24, 2.45) is 0 Å². The fourth-order valence-electron chi connectivity index (χ4n) is 2.65. The quantitative estimate of drug-likeness (QED) is 0.876. The summed E-state index contributed by atoms with van der Waals surface area (Å²) in [4.78, 5) is 14.2. The van der Waals surface area contributed by atoms with Crippen LogP contribution in [-0.2, 0) is 17.6 Å². The first-order chi connectivity index (χ1) is 9.70. The van der Waals surface area contributed by atoms with Crippen molar-refractivity contribution in [2.45, 2.75) is 44.8 Å². The van der Waals surface area contributed by atoms with E-state index in [1.807, 2.05) is 12.1 Å². The third-order valence-corrected chi connectivity index (χ3v) is 4.82. The van der Waals surface area contributed by atoms with E-state index in [0.717, 1.165) is 29.4 Å². The van der Waals surface area contributed by atoms with Gasteiger partial charge in [-0.25, -0.2) is 0 Å². The van der Waals surface area contributed by atoms with Crippen LogP contribution in [0, 0.1) is 0 Å². The maximum atomic E-state index is 12.0. The molecule has 0 saturated carbocycles. The summed E-state index contributed by atoms with van der Waals surface area (Å²) in [6.07, 6.45) is 2.97. The highest BCUT2D eigenvalue weighted by Gasteiger charge is 2.28. The number of anilines is 1. The lowest BCUT2D eigenvalue weighted by molar-refractivity contribution is -0.130. The van der Waals surface area contributed by atoms with Gasteiger partial charge in [-0.3, -0.25) is 4.79 Å².